The van der Waals surface area contributed by atoms with Crippen LogP contribution in [0.2, 0.25) is 0 Å². The lowest BCUT2D eigenvalue weighted by Crippen LogP contribution is -2.10. The monoisotopic (exact) mass is 577 g/mol. The number of nitriles is 2. The van der Waals surface area contributed by atoms with Crippen LogP contribution in [-0.4, -0.2) is 15.0 Å². The normalized spacial score (nSPS) is 13.7. The molecule has 0 amide bonds. The highest BCUT2D eigenvalue weighted by Crippen LogP contribution is 2.40. The molecule has 0 radical (unpaired) electrons. The minimum Gasteiger partial charge on any atom is -0.208 e. The van der Waals surface area contributed by atoms with E-state index in [9.17, 15) is 10.5 Å². The van der Waals surface area contributed by atoms with E-state index in [0.29, 0.717) is 34.5 Å². The van der Waals surface area contributed by atoms with Crippen molar-refractivity contribution in [2.45, 2.75) is 13.3 Å². The zero-order valence-electron chi connectivity index (χ0n) is 24.6. The molecule has 1 unspecified atom stereocenters. The summed E-state index contributed by atoms with van der Waals surface area (Å²) in [6, 6.07) is 44.5. The van der Waals surface area contributed by atoms with Crippen molar-refractivity contribution in [3.8, 4) is 57.4 Å². The van der Waals surface area contributed by atoms with Crippen LogP contribution in [0.15, 0.2) is 127 Å². The summed E-state index contributed by atoms with van der Waals surface area (Å²) in [6.45, 7) is 2.21. The van der Waals surface area contributed by atoms with Gasteiger partial charge in [-0.25, -0.2) is 15.0 Å². The van der Waals surface area contributed by atoms with Crippen molar-refractivity contribution in [1.82, 2.24) is 15.0 Å². The maximum Gasteiger partial charge on any atom is 0.164 e. The average molecular weight is 578 g/mol. The molecule has 1 heterocycles. The van der Waals surface area contributed by atoms with E-state index in [1.54, 1.807) is 6.07 Å². The van der Waals surface area contributed by atoms with Gasteiger partial charge in [0.05, 0.1) is 23.3 Å². The van der Waals surface area contributed by atoms with E-state index in [0.717, 1.165) is 45.4 Å². The topological polar surface area (TPSA) is 86.2 Å². The van der Waals surface area contributed by atoms with Crippen molar-refractivity contribution in [3.05, 3.63) is 155 Å². The van der Waals surface area contributed by atoms with Crippen LogP contribution in [-0.2, 0) is 6.42 Å². The van der Waals surface area contributed by atoms with Crippen LogP contribution in [0.25, 0.3) is 50.9 Å². The second-order valence-corrected chi connectivity index (χ2v) is 11.2. The van der Waals surface area contributed by atoms with Gasteiger partial charge in [-0.1, -0.05) is 116 Å². The van der Waals surface area contributed by atoms with Gasteiger partial charge in [0.15, 0.2) is 17.5 Å². The van der Waals surface area contributed by atoms with Gasteiger partial charge in [0.25, 0.3) is 0 Å². The Kier molecular flexibility index (Phi) is 7.28. The van der Waals surface area contributed by atoms with Crippen LogP contribution < -0.4 is 0 Å². The first-order chi connectivity index (χ1) is 22.1. The Bertz CT molecular complexity index is 2060. The van der Waals surface area contributed by atoms with E-state index < -0.39 is 0 Å². The highest BCUT2D eigenvalue weighted by molar-refractivity contribution is 5.87. The fourth-order valence-electron chi connectivity index (χ4n) is 5.99. The Labute approximate surface area is 262 Å². The molecule has 5 nitrogen and oxygen atoms in total. The van der Waals surface area contributed by atoms with Crippen LogP contribution in [0.1, 0.15) is 34.7 Å². The molecule has 1 aromatic heterocycles. The number of hydrogen-bond acceptors (Lipinski definition) is 5. The minimum atomic E-state index is 0.294. The van der Waals surface area contributed by atoms with E-state index in [-0.39, 0.29) is 0 Å². The van der Waals surface area contributed by atoms with Gasteiger partial charge in [0.1, 0.15) is 0 Å². The number of allylic oxidation sites excluding steroid dienone is 1. The summed E-state index contributed by atoms with van der Waals surface area (Å²) in [5.74, 6) is 2.18. The molecular weight excluding hydrogens is 550 g/mol. The number of aromatic nitrogens is 3. The SMILES string of the molecule is CC1C=C(c2cc(C#N)cc(C#N)c2)c2cccc(-c3ccc(-c4nc(-c5ccccc5)nc(-c5ccccc5)n4)cc3)c2C1. The molecule has 0 aliphatic heterocycles. The minimum absolute atomic E-state index is 0.294. The van der Waals surface area contributed by atoms with Crippen molar-refractivity contribution in [1.29, 1.82) is 10.5 Å². The van der Waals surface area contributed by atoms with Gasteiger partial charge in [-0.2, -0.15) is 10.5 Å². The zero-order chi connectivity index (χ0) is 30.8. The van der Waals surface area contributed by atoms with Gasteiger partial charge in [-0.3, -0.25) is 0 Å². The van der Waals surface area contributed by atoms with E-state index in [1.807, 2.05) is 72.8 Å². The molecule has 5 aromatic carbocycles. The summed E-state index contributed by atoms with van der Waals surface area (Å²) < 4.78 is 0. The lowest BCUT2D eigenvalue weighted by Gasteiger charge is -2.25. The Morgan fingerprint density at radius 3 is 1.56 bits per heavy atom. The fraction of sp³-hybridized carbons (Fsp3) is 0.0750. The van der Waals surface area contributed by atoms with Gasteiger partial charge in [0.2, 0.25) is 0 Å². The Morgan fingerprint density at radius 2 is 1.02 bits per heavy atom. The number of nitrogens with zero attached hydrogens (tertiary/aromatic N) is 5. The second-order valence-electron chi connectivity index (χ2n) is 11.2. The van der Waals surface area contributed by atoms with Crippen LogP contribution >= 0.6 is 0 Å². The molecule has 0 saturated carbocycles. The molecule has 0 saturated heterocycles. The standard InChI is InChI=1S/C40H27N5/c1-26-19-36(33-22-27(24-41)21-28(23-33)25-42)35-14-8-13-34(37(35)20-26)29-15-17-32(18-16-29)40-44-38(30-9-4-2-5-10-30)43-39(45-40)31-11-6-3-7-12-31/h2-19,21-23,26H,20H2,1H3. The average Bonchev–Trinajstić information content (AvgIpc) is 3.11. The van der Waals surface area contributed by atoms with Crippen molar-refractivity contribution >= 4 is 5.57 Å². The first kappa shape index (κ1) is 27.7. The molecule has 7 rings (SSSR count). The third-order valence-electron chi connectivity index (χ3n) is 8.10. The highest BCUT2D eigenvalue weighted by atomic mass is 15.0. The van der Waals surface area contributed by atoms with Crippen LogP contribution in [0.4, 0.5) is 0 Å². The van der Waals surface area contributed by atoms with Crippen LogP contribution in [0.5, 0.6) is 0 Å². The lowest BCUT2D eigenvalue weighted by atomic mass is 9.79. The molecule has 5 heteroatoms. The van der Waals surface area contributed by atoms with E-state index >= 15 is 0 Å². The third-order valence-corrected chi connectivity index (χ3v) is 8.10. The molecule has 0 bridgehead atoms. The summed E-state index contributed by atoms with van der Waals surface area (Å²) in [6.07, 6.45) is 3.15. The summed E-state index contributed by atoms with van der Waals surface area (Å²) in [4.78, 5) is 14.6. The molecule has 212 valence electrons. The predicted octanol–water partition coefficient (Wildman–Crippen LogP) is 8.91. The second kappa shape index (κ2) is 11.8. The Balaban J connectivity index is 1.29. The molecule has 1 aliphatic carbocycles. The maximum absolute atomic E-state index is 9.58. The summed E-state index contributed by atoms with van der Waals surface area (Å²) >= 11 is 0. The lowest BCUT2D eigenvalue weighted by molar-refractivity contribution is 0.715. The van der Waals surface area contributed by atoms with Gasteiger partial charge < -0.3 is 0 Å². The van der Waals surface area contributed by atoms with Gasteiger partial charge in [-0.05, 0) is 63.9 Å². The van der Waals surface area contributed by atoms with Crippen LogP contribution in [0.3, 0.4) is 0 Å². The Morgan fingerprint density at radius 1 is 0.533 bits per heavy atom. The molecule has 1 aliphatic rings. The maximum atomic E-state index is 9.58. The smallest absolute Gasteiger partial charge is 0.164 e. The zero-order valence-corrected chi connectivity index (χ0v) is 24.6. The van der Waals surface area contributed by atoms with Gasteiger partial charge in [0, 0.05) is 16.7 Å². The summed E-state index contributed by atoms with van der Waals surface area (Å²) in [7, 11) is 0. The summed E-state index contributed by atoms with van der Waals surface area (Å²) in [5.41, 5.74) is 10.4. The van der Waals surface area contributed by atoms with Crippen LogP contribution in [0, 0.1) is 28.6 Å². The van der Waals surface area contributed by atoms with E-state index in [1.165, 1.54) is 11.1 Å². The van der Waals surface area contributed by atoms with E-state index in [4.69, 9.17) is 15.0 Å². The first-order valence-electron chi connectivity index (χ1n) is 14.9. The number of benzene rings is 5. The van der Waals surface area contributed by atoms with Crippen molar-refractivity contribution < 1.29 is 0 Å². The third kappa shape index (κ3) is 5.52. The van der Waals surface area contributed by atoms with Crippen molar-refractivity contribution in [2.24, 2.45) is 5.92 Å². The summed E-state index contributed by atoms with van der Waals surface area (Å²) in [5, 5.41) is 19.2. The quantitative estimate of drug-likeness (QED) is 0.204. The van der Waals surface area contributed by atoms with Gasteiger partial charge in [-0.15, -0.1) is 0 Å². The van der Waals surface area contributed by atoms with Crippen molar-refractivity contribution in [2.75, 3.05) is 0 Å². The number of hydrogen-bond donors (Lipinski definition) is 0. The number of fused-ring (bicyclic) bond motifs is 1. The molecule has 0 fully saturated rings. The van der Waals surface area contributed by atoms with Crippen molar-refractivity contribution in [3.63, 3.8) is 0 Å². The highest BCUT2D eigenvalue weighted by Gasteiger charge is 2.22. The number of rotatable bonds is 5. The molecule has 45 heavy (non-hydrogen) atoms. The fourth-order valence-corrected chi connectivity index (χ4v) is 5.99. The predicted molar refractivity (Wildman–Crippen MR) is 177 cm³/mol. The molecule has 0 spiro atoms. The van der Waals surface area contributed by atoms with E-state index in [2.05, 4.69) is 67.6 Å². The molecule has 0 N–H and O–H groups in total. The molecule has 6 aromatic rings. The molecule has 1 atom stereocenters. The largest absolute Gasteiger partial charge is 0.208 e. The Hall–Kier alpha value is -6.17. The first-order valence-corrected chi connectivity index (χ1v) is 14.9. The molecular formula is C40H27N5. The van der Waals surface area contributed by atoms with Gasteiger partial charge >= 0.3 is 0 Å².